The van der Waals surface area contributed by atoms with Gasteiger partial charge < -0.3 is 15.3 Å². The molecule has 31 heavy (non-hydrogen) atoms. The van der Waals surface area contributed by atoms with E-state index < -0.39 is 5.60 Å². The molecule has 1 unspecified atom stereocenters. The van der Waals surface area contributed by atoms with E-state index in [9.17, 15) is 15.3 Å². The molecule has 174 valence electrons. The predicted molar refractivity (Wildman–Crippen MR) is 133 cm³/mol. The topological polar surface area (TPSA) is 60.7 Å². The summed E-state index contributed by atoms with van der Waals surface area (Å²) in [5, 5.41) is 30.5. The zero-order valence-corrected chi connectivity index (χ0v) is 20.8. The molecule has 0 amide bonds. The molecule has 0 radical (unpaired) electrons. The van der Waals surface area contributed by atoms with E-state index in [0.29, 0.717) is 24.8 Å². The third kappa shape index (κ3) is 10.2. The number of aliphatic hydroxyl groups is 1. The standard InChI is InChI=1S/C28H44O3/c1-20(2)11-8-12-21(3)13-9-14-22(4)15-10-17-28(7,31)18-16-25-23(5)19-26(29)27(30)24(25)6/h11,13,15,19,29-31H,8-10,12,14,16-18H2,1-7H3. The summed E-state index contributed by atoms with van der Waals surface area (Å²) in [5.74, 6) is -0.135. The van der Waals surface area contributed by atoms with Crippen LogP contribution < -0.4 is 0 Å². The lowest BCUT2D eigenvalue weighted by Gasteiger charge is -2.24. The summed E-state index contributed by atoms with van der Waals surface area (Å²) in [6.45, 7) is 14.3. The first kappa shape index (κ1) is 27.0. The van der Waals surface area contributed by atoms with Crippen molar-refractivity contribution in [2.45, 2.75) is 105 Å². The van der Waals surface area contributed by atoms with Crippen LogP contribution in [-0.2, 0) is 6.42 Å². The second-order valence-electron chi connectivity index (χ2n) is 9.66. The van der Waals surface area contributed by atoms with Crippen molar-refractivity contribution in [3.8, 4) is 11.5 Å². The van der Waals surface area contributed by atoms with Crippen LogP contribution in [0.25, 0.3) is 0 Å². The molecule has 3 N–H and O–H groups in total. The Kier molecular flexibility index (Phi) is 11.1. The summed E-state index contributed by atoms with van der Waals surface area (Å²) in [6.07, 6.45) is 14.2. The molecule has 0 saturated heterocycles. The summed E-state index contributed by atoms with van der Waals surface area (Å²) in [7, 11) is 0. The molecule has 0 saturated carbocycles. The highest BCUT2D eigenvalue weighted by molar-refractivity contribution is 5.52. The minimum absolute atomic E-state index is 0.0555. The smallest absolute Gasteiger partial charge is 0.160 e. The normalized spacial score (nSPS) is 14.5. The molecule has 3 nitrogen and oxygen atoms in total. The maximum Gasteiger partial charge on any atom is 0.160 e. The fraction of sp³-hybridized carbons (Fsp3) is 0.571. The van der Waals surface area contributed by atoms with Crippen molar-refractivity contribution in [2.24, 2.45) is 0 Å². The number of benzene rings is 1. The summed E-state index contributed by atoms with van der Waals surface area (Å²) < 4.78 is 0. The first-order chi connectivity index (χ1) is 14.4. The Hall–Kier alpha value is -2.00. The van der Waals surface area contributed by atoms with Crippen molar-refractivity contribution in [2.75, 3.05) is 0 Å². The Morgan fingerprint density at radius 1 is 0.871 bits per heavy atom. The molecule has 1 aromatic rings. The van der Waals surface area contributed by atoms with E-state index in [1.165, 1.54) is 16.7 Å². The highest BCUT2D eigenvalue weighted by Crippen LogP contribution is 2.34. The Balaban J connectivity index is 2.47. The van der Waals surface area contributed by atoms with Gasteiger partial charge in [-0.1, -0.05) is 34.9 Å². The highest BCUT2D eigenvalue weighted by atomic mass is 16.3. The van der Waals surface area contributed by atoms with Crippen LogP contribution in [0.1, 0.15) is 96.3 Å². The molecule has 3 heteroatoms. The lowest BCUT2D eigenvalue weighted by atomic mass is 9.88. The molecule has 1 rings (SSSR count). The summed E-state index contributed by atoms with van der Waals surface area (Å²) in [5.41, 5.74) is 6.11. The van der Waals surface area contributed by atoms with Crippen molar-refractivity contribution in [1.82, 2.24) is 0 Å². The Morgan fingerprint density at radius 3 is 2.00 bits per heavy atom. The van der Waals surface area contributed by atoms with E-state index in [2.05, 4.69) is 45.9 Å². The van der Waals surface area contributed by atoms with Gasteiger partial charge in [0.2, 0.25) is 0 Å². The molecule has 0 aliphatic rings. The Labute approximate surface area is 190 Å². The minimum Gasteiger partial charge on any atom is -0.504 e. The van der Waals surface area contributed by atoms with Gasteiger partial charge in [0.05, 0.1) is 5.60 Å². The van der Waals surface area contributed by atoms with Crippen LogP contribution >= 0.6 is 0 Å². The van der Waals surface area contributed by atoms with Gasteiger partial charge in [-0.25, -0.2) is 0 Å². The van der Waals surface area contributed by atoms with Crippen molar-refractivity contribution < 1.29 is 15.3 Å². The molecule has 0 heterocycles. The van der Waals surface area contributed by atoms with Crippen molar-refractivity contribution in [3.63, 3.8) is 0 Å². The van der Waals surface area contributed by atoms with Crippen LogP contribution in [0.3, 0.4) is 0 Å². The van der Waals surface area contributed by atoms with E-state index in [0.717, 1.165) is 43.2 Å². The maximum absolute atomic E-state index is 10.8. The molecule has 1 aromatic carbocycles. The molecule has 0 aliphatic heterocycles. The van der Waals surface area contributed by atoms with E-state index >= 15 is 0 Å². The summed E-state index contributed by atoms with van der Waals surface area (Å²) >= 11 is 0. The molecule has 0 aliphatic carbocycles. The zero-order chi connectivity index (χ0) is 23.6. The number of phenols is 2. The fourth-order valence-electron chi connectivity index (χ4n) is 3.86. The van der Waals surface area contributed by atoms with E-state index in [1.54, 1.807) is 6.07 Å². The molecular formula is C28H44O3. The molecule has 0 fully saturated rings. The molecular weight excluding hydrogens is 384 g/mol. The lowest BCUT2D eigenvalue weighted by Crippen LogP contribution is -2.24. The SMILES string of the molecule is CC(C)=CCCC(C)=CCCC(C)=CCCC(C)(O)CCc1c(C)cc(O)c(O)c1C. The average Bonchev–Trinajstić information content (AvgIpc) is 2.65. The number of aryl methyl sites for hydroxylation is 1. The van der Waals surface area contributed by atoms with Gasteiger partial charge in [0.15, 0.2) is 11.5 Å². The third-order valence-electron chi connectivity index (χ3n) is 6.09. The van der Waals surface area contributed by atoms with Crippen LogP contribution in [0, 0.1) is 13.8 Å². The number of hydrogen-bond donors (Lipinski definition) is 3. The maximum atomic E-state index is 10.8. The average molecular weight is 429 g/mol. The summed E-state index contributed by atoms with van der Waals surface area (Å²) in [6, 6.07) is 1.59. The predicted octanol–water partition coefficient (Wildman–Crippen LogP) is 7.60. The van der Waals surface area contributed by atoms with Crippen molar-refractivity contribution in [3.05, 3.63) is 57.7 Å². The van der Waals surface area contributed by atoms with Gasteiger partial charge in [-0.2, -0.15) is 0 Å². The number of allylic oxidation sites excluding steroid dienone is 6. The number of phenolic OH excluding ortho intramolecular Hbond substituents is 2. The molecule has 0 spiro atoms. The first-order valence-electron chi connectivity index (χ1n) is 11.6. The van der Waals surface area contributed by atoms with Gasteiger partial charge in [-0.3, -0.25) is 0 Å². The van der Waals surface area contributed by atoms with Gasteiger partial charge in [0.1, 0.15) is 0 Å². The first-order valence-corrected chi connectivity index (χ1v) is 11.6. The van der Waals surface area contributed by atoms with Gasteiger partial charge >= 0.3 is 0 Å². The van der Waals surface area contributed by atoms with Crippen molar-refractivity contribution >= 4 is 0 Å². The Morgan fingerprint density at radius 2 is 1.42 bits per heavy atom. The molecule has 0 bridgehead atoms. The number of rotatable bonds is 12. The third-order valence-corrected chi connectivity index (χ3v) is 6.09. The van der Waals surface area contributed by atoms with Gasteiger partial charge in [0.25, 0.3) is 0 Å². The fourth-order valence-corrected chi connectivity index (χ4v) is 3.86. The second-order valence-corrected chi connectivity index (χ2v) is 9.66. The van der Waals surface area contributed by atoms with Crippen LogP contribution in [-0.4, -0.2) is 20.9 Å². The summed E-state index contributed by atoms with van der Waals surface area (Å²) in [4.78, 5) is 0. The monoisotopic (exact) mass is 428 g/mol. The van der Waals surface area contributed by atoms with Crippen LogP contribution in [0.5, 0.6) is 11.5 Å². The van der Waals surface area contributed by atoms with Crippen LogP contribution in [0.4, 0.5) is 0 Å². The van der Waals surface area contributed by atoms with Gasteiger partial charge in [-0.05, 0) is 123 Å². The molecule has 0 aromatic heterocycles. The number of hydrogen-bond acceptors (Lipinski definition) is 3. The largest absolute Gasteiger partial charge is 0.504 e. The zero-order valence-electron chi connectivity index (χ0n) is 20.8. The molecule has 1 atom stereocenters. The lowest BCUT2D eigenvalue weighted by molar-refractivity contribution is 0.0431. The van der Waals surface area contributed by atoms with E-state index in [4.69, 9.17) is 0 Å². The van der Waals surface area contributed by atoms with Gasteiger partial charge in [-0.15, -0.1) is 0 Å². The minimum atomic E-state index is -0.759. The van der Waals surface area contributed by atoms with E-state index in [1.807, 2.05) is 20.8 Å². The van der Waals surface area contributed by atoms with Gasteiger partial charge in [0, 0.05) is 0 Å². The van der Waals surface area contributed by atoms with Crippen LogP contribution in [0.15, 0.2) is 41.0 Å². The van der Waals surface area contributed by atoms with Crippen molar-refractivity contribution in [1.29, 1.82) is 0 Å². The quantitative estimate of drug-likeness (QED) is 0.237. The van der Waals surface area contributed by atoms with E-state index in [-0.39, 0.29) is 11.5 Å². The van der Waals surface area contributed by atoms with Crippen LogP contribution in [0.2, 0.25) is 0 Å². The Bertz CT molecular complexity index is 806. The number of aromatic hydroxyl groups is 2. The second kappa shape index (κ2) is 12.8. The highest BCUT2D eigenvalue weighted by Gasteiger charge is 2.21.